The topological polar surface area (TPSA) is 100 Å². The molecule has 3 aromatic rings. The molecule has 3 aromatic carbocycles. The molecular formula is C32H35NO7. The molecule has 0 unspecified atom stereocenters. The fourth-order valence-electron chi connectivity index (χ4n) is 3.53. The Bertz CT molecular complexity index is 1270. The van der Waals surface area contributed by atoms with Crippen LogP contribution in [0, 0.1) is 0 Å². The first kappa shape index (κ1) is 30.0. The monoisotopic (exact) mass is 545 g/mol. The zero-order chi connectivity index (χ0) is 28.6. The van der Waals surface area contributed by atoms with Crippen molar-refractivity contribution >= 4 is 23.5 Å². The molecule has 0 heterocycles. The van der Waals surface area contributed by atoms with Gasteiger partial charge in [0.1, 0.15) is 5.75 Å². The third kappa shape index (κ3) is 9.94. The van der Waals surface area contributed by atoms with E-state index in [9.17, 15) is 14.4 Å². The van der Waals surface area contributed by atoms with E-state index in [0.29, 0.717) is 36.4 Å². The summed E-state index contributed by atoms with van der Waals surface area (Å²) in [6, 6.07) is 23.6. The fourth-order valence-corrected chi connectivity index (χ4v) is 3.53. The first-order valence-electron chi connectivity index (χ1n) is 13.4. The molecule has 0 atom stereocenters. The molecule has 210 valence electrons. The molecule has 8 heteroatoms. The number of hydrogen-bond donors (Lipinski definition) is 1. The van der Waals surface area contributed by atoms with E-state index in [-0.39, 0.29) is 30.6 Å². The minimum Gasteiger partial charge on any atom is -0.494 e. The highest BCUT2D eigenvalue weighted by Crippen LogP contribution is 2.27. The highest BCUT2D eigenvalue weighted by atomic mass is 16.6. The zero-order valence-electron chi connectivity index (χ0n) is 22.9. The summed E-state index contributed by atoms with van der Waals surface area (Å²) in [6.45, 7) is 4.64. The Morgan fingerprint density at radius 1 is 0.775 bits per heavy atom. The number of carbonyl (C=O) groups excluding carboxylic acids is 3. The van der Waals surface area contributed by atoms with Crippen LogP contribution in [0.1, 0.15) is 49.0 Å². The van der Waals surface area contributed by atoms with E-state index >= 15 is 0 Å². The van der Waals surface area contributed by atoms with Gasteiger partial charge in [0.25, 0.3) is 5.91 Å². The van der Waals surface area contributed by atoms with Gasteiger partial charge >= 0.3 is 11.9 Å². The molecule has 0 fully saturated rings. The molecule has 0 aliphatic carbocycles. The van der Waals surface area contributed by atoms with Gasteiger partial charge < -0.3 is 24.3 Å². The molecule has 0 spiro atoms. The Balaban J connectivity index is 1.62. The summed E-state index contributed by atoms with van der Waals surface area (Å²) in [5.41, 5.74) is 1.98. The Morgan fingerprint density at radius 2 is 1.45 bits per heavy atom. The third-order valence-electron chi connectivity index (χ3n) is 5.53. The third-order valence-corrected chi connectivity index (χ3v) is 5.53. The van der Waals surface area contributed by atoms with Gasteiger partial charge in [0.2, 0.25) is 5.76 Å². The quantitative estimate of drug-likeness (QED) is 0.106. The second kappa shape index (κ2) is 16.4. The molecule has 0 radical (unpaired) electrons. The molecular weight excluding hydrogens is 510 g/mol. The summed E-state index contributed by atoms with van der Waals surface area (Å²) in [4.78, 5) is 37.6. The van der Waals surface area contributed by atoms with Crippen LogP contribution in [0.15, 0.2) is 90.7 Å². The minimum atomic E-state index is -0.809. The molecule has 3 rings (SSSR count). The van der Waals surface area contributed by atoms with Crippen molar-refractivity contribution in [2.45, 2.75) is 39.5 Å². The lowest BCUT2D eigenvalue weighted by Crippen LogP contribution is -2.17. The van der Waals surface area contributed by atoms with E-state index < -0.39 is 11.9 Å². The van der Waals surface area contributed by atoms with Crippen LogP contribution in [0.25, 0.3) is 0 Å². The number of esters is 2. The van der Waals surface area contributed by atoms with Crippen molar-refractivity contribution in [2.24, 2.45) is 0 Å². The van der Waals surface area contributed by atoms with Crippen LogP contribution < -0.4 is 14.8 Å². The molecule has 1 N–H and O–H groups in total. The van der Waals surface area contributed by atoms with Gasteiger partial charge in [-0.2, -0.15) is 0 Å². The van der Waals surface area contributed by atoms with E-state index in [4.69, 9.17) is 18.9 Å². The fraction of sp³-hybridized carbons (Fsp3) is 0.281. The second-order valence-electron chi connectivity index (χ2n) is 8.83. The van der Waals surface area contributed by atoms with Gasteiger partial charge in [-0.3, -0.25) is 4.79 Å². The van der Waals surface area contributed by atoms with Crippen molar-refractivity contribution in [1.29, 1.82) is 0 Å². The summed E-state index contributed by atoms with van der Waals surface area (Å²) in [5.74, 6) is -1.43. The van der Waals surface area contributed by atoms with Gasteiger partial charge in [-0.1, -0.05) is 56.3 Å². The molecule has 0 aliphatic rings. The lowest BCUT2D eigenvalue weighted by Gasteiger charge is -2.14. The van der Waals surface area contributed by atoms with Gasteiger partial charge in [0.15, 0.2) is 5.75 Å². The van der Waals surface area contributed by atoms with Crippen LogP contribution in [0.5, 0.6) is 11.5 Å². The molecule has 0 saturated heterocycles. The lowest BCUT2D eigenvalue weighted by molar-refractivity contribution is -0.143. The van der Waals surface area contributed by atoms with Crippen molar-refractivity contribution in [3.63, 3.8) is 0 Å². The van der Waals surface area contributed by atoms with E-state index in [1.165, 1.54) is 5.56 Å². The van der Waals surface area contributed by atoms with Crippen LogP contribution >= 0.6 is 0 Å². The molecule has 0 saturated carbocycles. The molecule has 1 amide bonds. The van der Waals surface area contributed by atoms with Crippen LogP contribution in [-0.2, 0) is 25.5 Å². The van der Waals surface area contributed by atoms with Gasteiger partial charge in [-0.05, 0) is 67.6 Å². The van der Waals surface area contributed by atoms with E-state index in [1.807, 2.05) is 32.0 Å². The molecule has 8 nitrogen and oxygen atoms in total. The Kier molecular flexibility index (Phi) is 12.3. The van der Waals surface area contributed by atoms with Gasteiger partial charge in [-0.15, -0.1) is 0 Å². The second-order valence-corrected chi connectivity index (χ2v) is 8.83. The maximum absolute atomic E-state index is 13.0. The normalized spacial score (nSPS) is 10.9. The van der Waals surface area contributed by atoms with Crippen LogP contribution in [0.3, 0.4) is 0 Å². The Hall–Kier alpha value is -4.59. The van der Waals surface area contributed by atoms with Crippen molar-refractivity contribution in [1.82, 2.24) is 0 Å². The highest BCUT2D eigenvalue weighted by molar-refractivity contribution is 6.05. The summed E-state index contributed by atoms with van der Waals surface area (Å²) < 4.78 is 21.8. The van der Waals surface area contributed by atoms with Crippen molar-refractivity contribution in [3.05, 3.63) is 102 Å². The predicted octanol–water partition coefficient (Wildman–Crippen LogP) is 6.12. The summed E-state index contributed by atoms with van der Waals surface area (Å²) in [5, 5.41) is 2.79. The maximum atomic E-state index is 13.0. The Labute approximate surface area is 234 Å². The van der Waals surface area contributed by atoms with Crippen molar-refractivity contribution in [3.8, 4) is 11.5 Å². The van der Waals surface area contributed by atoms with Crippen LogP contribution in [0.2, 0.25) is 0 Å². The zero-order valence-corrected chi connectivity index (χ0v) is 22.9. The average molecular weight is 546 g/mol. The summed E-state index contributed by atoms with van der Waals surface area (Å²) in [7, 11) is 0. The predicted molar refractivity (Wildman–Crippen MR) is 152 cm³/mol. The number of benzene rings is 3. The number of carbonyl (C=O) groups is 3. The van der Waals surface area contributed by atoms with Crippen molar-refractivity contribution in [2.75, 3.05) is 25.1 Å². The number of nitrogens with one attached hydrogen (secondary N) is 1. The minimum absolute atomic E-state index is 0.161. The number of para-hydroxylation sites is 2. The lowest BCUT2D eigenvalue weighted by atomic mass is 10.1. The van der Waals surface area contributed by atoms with E-state index in [2.05, 4.69) is 17.4 Å². The van der Waals surface area contributed by atoms with Gasteiger partial charge in [-0.25, -0.2) is 9.59 Å². The first-order chi connectivity index (χ1) is 19.5. The van der Waals surface area contributed by atoms with Crippen LogP contribution in [-0.4, -0.2) is 37.7 Å². The molecule has 0 aliphatic heterocycles. The molecule has 0 aromatic heterocycles. The van der Waals surface area contributed by atoms with Gasteiger partial charge in [0.05, 0.1) is 31.6 Å². The number of rotatable bonds is 15. The number of aryl methyl sites for hydroxylation is 1. The highest BCUT2D eigenvalue weighted by Gasteiger charge is 2.19. The number of hydrogen-bond acceptors (Lipinski definition) is 7. The van der Waals surface area contributed by atoms with Crippen LogP contribution in [0.4, 0.5) is 5.69 Å². The number of ether oxygens (including phenoxy) is 4. The van der Waals surface area contributed by atoms with E-state index in [1.54, 1.807) is 48.5 Å². The largest absolute Gasteiger partial charge is 0.494 e. The first-order valence-corrected chi connectivity index (χ1v) is 13.4. The molecule has 40 heavy (non-hydrogen) atoms. The maximum Gasteiger partial charge on any atom is 0.374 e. The van der Waals surface area contributed by atoms with Crippen molar-refractivity contribution < 1.29 is 33.3 Å². The van der Waals surface area contributed by atoms with E-state index in [0.717, 1.165) is 18.9 Å². The summed E-state index contributed by atoms with van der Waals surface area (Å²) >= 11 is 0. The number of anilines is 1. The summed E-state index contributed by atoms with van der Waals surface area (Å²) in [6.07, 6.45) is 3.98. The number of amides is 1. The average Bonchev–Trinajstić information content (AvgIpc) is 2.98. The smallest absolute Gasteiger partial charge is 0.374 e. The Morgan fingerprint density at radius 3 is 2.17 bits per heavy atom. The SMILES string of the molecule is CCCOC(=O)/C=C(/Oc1ccccc1NC(=O)c1ccc(OCCCc2ccccc2)cc1)C(=O)OCCC. The standard InChI is InChI=1S/C32H35NO7/c1-3-20-38-30(34)23-29(32(36)39-21-4-2)40-28-15-9-8-14-27(28)33-31(35)25-16-18-26(19-17-25)37-22-10-13-24-11-6-5-7-12-24/h5-9,11-12,14-19,23H,3-4,10,13,20-22H2,1-2H3,(H,33,35)/b29-23+. The van der Waals surface area contributed by atoms with Gasteiger partial charge in [0, 0.05) is 5.56 Å². The molecule has 0 bridgehead atoms.